The third kappa shape index (κ3) is 3.26. The largest absolute Gasteiger partial charge is 0.481 e. The fourth-order valence-electron chi connectivity index (χ4n) is 2.33. The van der Waals surface area contributed by atoms with Crippen molar-refractivity contribution in [2.45, 2.75) is 26.2 Å². The summed E-state index contributed by atoms with van der Waals surface area (Å²) in [5.74, 6) is -1.06. The van der Waals surface area contributed by atoms with Crippen LogP contribution in [0.25, 0.3) is 6.08 Å². The van der Waals surface area contributed by atoms with Gasteiger partial charge in [0.1, 0.15) is 0 Å². The third-order valence-electron chi connectivity index (χ3n) is 3.83. The molecule has 1 aliphatic carbocycles. The second-order valence-electron chi connectivity index (χ2n) is 5.40. The molecule has 1 aromatic rings. The number of hydrogen-bond donors (Lipinski definition) is 2. The van der Waals surface area contributed by atoms with Gasteiger partial charge in [0.15, 0.2) is 0 Å². The second kappa shape index (κ2) is 5.90. The standard InChI is InChI=1S/C16H19NO3/c1-12-4-2-5-13(10-12)6-7-14(18)17-11-16(15(19)20)8-3-9-16/h2,4-7,10H,3,8-9,11H2,1H3,(H,17,18)(H,19,20)/b7-6+. The van der Waals surface area contributed by atoms with Crippen LogP contribution in [0.1, 0.15) is 30.4 Å². The summed E-state index contributed by atoms with van der Waals surface area (Å²) in [5.41, 5.74) is 1.34. The molecule has 20 heavy (non-hydrogen) atoms. The minimum absolute atomic E-state index is 0.208. The SMILES string of the molecule is Cc1cccc(/C=C/C(=O)NCC2(C(=O)O)CCC2)c1. The molecule has 2 N–H and O–H groups in total. The molecule has 0 bridgehead atoms. The number of benzene rings is 1. The predicted octanol–water partition coefficient (Wildman–Crippen LogP) is 2.38. The van der Waals surface area contributed by atoms with Gasteiger partial charge in [-0.05, 0) is 31.4 Å². The number of nitrogens with one attached hydrogen (secondary N) is 1. The van der Waals surface area contributed by atoms with E-state index in [4.69, 9.17) is 5.11 Å². The molecule has 2 rings (SSSR count). The molecule has 106 valence electrons. The number of carbonyl (C=O) groups excluding carboxylic acids is 1. The monoisotopic (exact) mass is 273 g/mol. The van der Waals surface area contributed by atoms with Gasteiger partial charge in [-0.25, -0.2) is 0 Å². The van der Waals surface area contributed by atoms with Crippen molar-refractivity contribution in [1.29, 1.82) is 0 Å². The van der Waals surface area contributed by atoms with Gasteiger partial charge < -0.3 is 10.4 Å². The van der Waals surface area contributed by atoms with Crippen LogP contribution in [-0.2, 0) is 9.59 Å². The van der Waals surface area contributed by atoms with Crippen molar-refractivity contribution < 1.29 is 14.7 Å². The molecule has 4 heteroatoms. The molecule has 0 heterocycles. The van der Waals surface area contributed by atoms with Gasteiger partial charge in [-0.3, -0.25) is 9.59 Å². The first-order valence-electron chi connectivity index (χ1n) is 6.78. The van der Waals surface area contributed by atoms with Crippen molar-refractivity contribution in [2.75, 3.05) is 6.54 Å². The fraction of sp³-hybridized carbons (Fsp3) is 0.375. The Hall–Kier alpha value is -2.10. The lowest BCUT2D eigenvalue weighted by Crippen LogP contribution is -2.47. The highest BCUT2D eigenvalue weighted by molar-refractivity contribution is 5.92. The van der Waals surface area contributed by atoms with Gasteiger partial charge in [-0.2, -0.15) is 0 Å². The number of carboxylic acids is 1. The van der Waals surface area contributed by atoms with Crippen molar-refractivity contribution in [3.8, 4) is 0 Å². The molecule has 0 aliphatic heterocycles. The molecule has 1 aliphatic rings. The molecule has 4 nitrogen and oxygen atoms in total. The van der Waals surface area contributed by atoms with E-state index < -0.39 is 11.4 Å². The minimum atomic E-state index is -0.813. The van der Waals surface area contributed by atoms with Crippen LogP contribution in [0.3, 0.4) is 0 Å². The van der Waals surface area contributed by atoms with Crippen LogP contribution in [0.2, 0.25) is 0 Å². The topological polar surface area (TPSA) is 66.4 Å². The maximum Gasteiger partial charge on any atom is 0.311 e. The van der Waals surface area contributed by atoms with E-state index in [-0.39, 0.29) is 12.5 Å². The van der Waals surface area contributed by atoms with Crippen molar-refractivity contribution in [1.82, 2.24) is 5.32 Å². The number of aryl methyl sites for hydroxylation is 1. The summed E-state index contributed by atoms with van der Waals surface area (Å²) in [7, 11) is 0. The molecular weight excluding hydrogens is 254 g/mol. The lowest BCUT2D eigenvalue weighted by Gasteiger charge is -2.37. The molecule has 0 radical (unpaired) electrons. The van der Waals surface area contributed by atoms with Crippen LogP contribution in [0, 0.1) is 12.3 Å². The van der Waals surface area contributed by atoms with Gasteiger partial charge in [0.05, 0.1) is 5.41 Å². The van der Waals surface area contributed by atoms with Crippen LogP contribution in [0.5, 0.6) is 0 Å². The maximum atomic E-state index is 11.7. The summed E-state index contributed by atoms with van der Waals surface area (Å²) in [6, 6.07) is 7.82. The number of hydrogen-bond acceptors (Lipinski definition) is 2. The normalized spacial score (nSPS) is 16.6. The summed E-state index contributed by atoms with van der Waals surface area (Å²) >= 11 is 0. The molecule has 1 aromatic carbocycles. The Balaban J connectivity index is 1.88. The fourth-order valence-corrected chi connectivity index (χ4v) is 2.33. The number of aliphatic carboxylic acids is 1. The molecule has 0 saturated heterocycles. The quantitative estimate of drug-likeness (QED) is 0.809. The predicted molar refractivity (Wildman–Crippen MR) is 77.1 cm³/mol. The van der Waals surface area contributed by atoms with Crippen LogP contribution in [0.15, 0.2) is 30.3 Å². The number of carbonyl (C=O) groups is 2. The lowest BCUT2D eigenvalue weighted by molar-refractivity contribution is -0.154. The Kier molecular flexibility index (Phi) is 4.23. The molecule has 1 amide bonds. The average Bonchev–Trinajstić information content (AvgIpc) is 2.34. The number of amides is 1. The number of rotatable bonds is 5. The van der Waals surface area contributed by atoms with E-state index in [0.29, 0.717) is 12.8 Å². The summed E-state index contributed by atoms with van der Waals surface area (Å²) in [5, 5.41) is 11.9. The Morgan fingerprint density at radius 2 is 2.15 bits per heavy atom. The van der Waals surface area contributed by atoms with Gasteiger partial charge in [0.2, 0.25) is 5.91 Å². The van der Waals surface area contributed by atoms with Crippen LogP contribution >= 0.6 is 0 Å². The third-order valence-corrected chi connectivity index (χ3v) is 3.83. The second-order valence-corrected chi connectivity index (χ2v) is 5.40. The highest BCUT2D eigenvalue weighted by Crippen LogP contribution is 2.40. The number of carboxylic acid groups (broad SMARTS) is 1. The van der Waals surface area contributed by atoms with Crippen molar-refractivity contribution in [3.05, 3.63) is 41.5 Å². The van der Waals surface area contributed by atoms with E-state index >= 15 is 0 Å². The zero-order valence-corrected chi connectivity index (χ0v) is 11.6. The molecule has 0 spiro atoms. The van der Waals surface area contributed by atoms with E-state index in [1.165, 1.54) is 6.08 Å². The lowest BCUT2D eigenvalue weighted by atomic mass is 9.69. The first-order chi connectivity index (χ1) is 9.52. The molecule has 0 unspecified atom stereocenters. The summed E-state index contributed by atoms with van der Waals surface area (Å²) in [6.45, 7) is 2.20. The van der Waals surface area contributed by atoms with Crippen LogP contribution < -0.4 is 5.32 Å². The van der Waals surface area contributed by atoms with Gasteiger partial charge >= 0.3 is 5.97 Å². The van der Waals surface area contributed by atoms with E-state index in [9.17, 15) is 9.59 Å². The highest BCUT2D eigenvalue weighted by atomic mass is 16.4. The smallest absolute Gasteiger partial charge is 0.311 e. The molecule has 1 saturated carbocycles. The van der Waals surface area contributed by atoms with E-state index in [1.807, 2.05) is 31.2 Å². The first-order valence-corrected chi connectivity index (χ1v) is 6.78. The Bertz CT molecular complexity index is 544. The van der Waals surface area contributed by atoms with Gasteiger partial charge in [0.25, 0.3) is 0 Å². The van der Waals surface area contributed by atoms with Crippen LogP contribution in [0.4, 0.5) is 0 Å². The van der Waals surface area contributed by atoms with Crippen molar-refractivity contribution >= 4 is 18.0 Å². The summed E-state index contributed by atoms with van der Waals surface area (Å²) < 4.78 is 0. The Labute approximate surface area is 118 Å². The first kappa shape index (κ1) is 14.3. The zero-order valence-electron chi connectivity index (χ0n) is 11.6. The minimum Gasteiger partial charge on any atom is -0.481 e. The van der Waals surface area contributed by atoms with Crippen LogP contribution in [-0.4, -0.2) is 23.5 Å². The molecule has 0 aromatic heterocycles. The van der Waals surface area contributed by atoms with Crippen molar-refractivity contribution in [2.24, 2.45) is 5.41 Å². The zero-order chi connectivity index (χ0) is 14.6. The Morgan fingerprint density at radius 1 is 1.40 bits per heavy atom. The Morgan fingerprint density at radius 3 is 2.70 bits per heavy atom. The average molecular weight is 273 g/mol. The molecule has 1 fully saturated rings. The van der Waals surface area contributed by atoms with E-state index in [2.05, 4.69) is 5.32 Å². The van der Waals surface area contributed by atoms with Gasteiger partial charge in [-0.15, -0.1) is 0 Å². The summed E-state index contributed by atoms with van der Waals surface area (Å²) in [6.07, 6.45) is 5.38. The molecule has 0 atom stereocenters. The van der Waals surface area contributed by atoms with E-state index in [1.54, 1.807) is 6.08 Å². The maximum absolute atomic E-state index is 11.7. The summed E-state index contributed by atoms with van der Waals surface area (Å²) in [4.78, 5) is 22.9. The van der Waals surface area contributed by atoms with E-state index in [0.717, 1.165) is 17.5 Å². The highest BCUT2D eigenvalue weighted by Gasteiger charge is 2.44. The van der Waals surface area contributed by atoms with Crippen molar-refractivity contribution in [3.63, 3.8) is 0 Å². The van der Waals surface area contributed by atoms with Gasteiger partial charge in [0, 0.05) is 12.6 Å². The van der Waals surface area contributed by atoms with Gasteiger partial charge in [-0.1, -0.05) is 36.2 Å². The molecular formula is C16H19NO3.